The van der Waals surface area contributed by atoms with E-state index < -0.39 is 15.2 Å². The van der Waals surface area contributed by atoms with Crippen LogP contribution in [-0.4, -0.2) is 54.8 Å². The van der Waals surface area contributed by atoms with Gasteiger partial charge in [-0.1, -0.05) is 86.4 Å². The third kappa shape index (κ3) is 6.16. The van der Waals surface area contributed by atoms with Crippen LogP contribution in [0.5, 0.6) is 5.75 Å². The van der Waals surface area contributed by atoms with Crippen LogP contribution < -0.4 is 15.3 Å². The fourth-order valence-corrected chi connectivity index (χ4v) is 13.1. The van der Waals surface area contributed by atoms with Crippen molar-refractivity contribution in [3.63, 3.8) is 0 Å². The van der Waals surface area contributed by atoms with E-state index in [1.165, 1.54) is 0 Å². The SMILES string of the molecule is COCCOCCOCCOc1ccc(C2=C([Si](C)(C)C)P(=O)(c3ccccc3)c3ccccc32)cc1. The van der Waals surface area contributed by atoms with Crippen molar-refractivity contribution in [1.82, 2.24) is 0 Å². The van der Waals surface area contributed by atoms with Crippen LogP contribution in [0.1, 0.15) is 11.1 Å². The molecule has 0 spiro atoms. The molecule has 0 bridgehead atoms. The maximum atomic E-state index is 15.1. The summed E-state index contributed by atoms with van der Waals surface area (Å²) in [4.78, 5) is 1.14. The molecule has 0 amide bonds. The maximum Gasteiger partial charge on any atom is 0.164 e. The summed E-state index contributed by atoms with van der Waals surface area (Å²) in [5.74, 6) is 0.788. The molecular weight excluding hydrogens is 499 g/mol. The fourth-order valence-electron chi connectivity index (χ4n) is 4.81. The molecule has 3 aromatic carbocycles. The van der Waals surface area contributed by atoms with Gasteiger partial charge < -0.3 is 23.5 Å². The first-order chi connectivity index (χ1) is 17.9. The van der Waals surface area contributed by atoms with E-state index in [-0.39, 0.29) is 0 Å². The lowest BCUT2D eigenvalue weighted by Gasteiger charge is -2.28. The van der Waals surface area contributed by atoms with E-state index in [2.05, 4.69) is 43.9 Å². The molecule has 1 aliphatic rings. The van der Waals surface area contributed by atoms with Crippen LogP contribution in [0.15, 0.2) is 83.8 Å². The molecule has 4 rings (SSSR count). The zero-order valence-electron chi connectivity index (χ0n) is 22.2. The minimum Gasteiger partial charge on any atom is -0.491 e. The van der Waals surface area contributed by atoms with Gasteiger partial charge in [0.1, 0.15) is 12.4 Å². The highest BCUT2D eigenvalue weighted by molar-refractivity contribution is 7.86. The molecular formula is C30H37O5PSi. The molecule has 0 aromatic heterocycles. The molecule has 0 saturated carbocycles. The van der Waals surface area contributed by atoms with E-state index in [1.54, 1.807) is 7.11 Å². The van der Waals surface area contributed by atoms with Gasteiger partial charge >= 0.3 is 0 Å². The zero-order chi connectivity index (χ0) is 26.3. The smallest absolute Gasteiger partial charge is 0.164 e. The number of ether oxygens (including phenoxy) is 4. The van der Waals surface area contributed by atoms with E-state index in [0.717, 1.165) is 38.0 Å². The molecule has 1 atom stereocenters. The minimum atomic E-state index is -2.94. The second kappa shape index (κ2) is 12.4. The minimum absolute atomic E-state index is 0.465. The Labute approximate surface area is 221 Å². The molecule has 0 fully saturated rings. The van der Waals surface area contributed by atoms with Crippen molar-refractivity contribution >= 4 is 31.4 Å². The highest BCUT2D eigenvalue weighted by Gasteiger charge is 2.47. The first-order valence-electron chi connectivity index (χ1n) is 12.8. The Morgan fingerprint density at radius 1 is 0.703 bits per heavy atom. The molecule has 0 saturated heterocycles. The molecule has 0 radical (unpaired) electrons. The first kappa shape index (κ1) is 27.6. The number of hydrogen-bond acceptors (Lipinski definition) is 5. The van der Waals surface area contributed by atoms with E-state index in [0.29, 0.717) is 39.6 Å². The quantitative estimate of drug-likeness (QED) is 0.159. The number of benzene rings is 3. The lowest BCUT2D eigenvalue weighted by Crippen LogP contribution is -2.28. The van der Waals surface area contributed by atoms with Gasteiger partial charge in [0.25, 0.3) is 0 Å². The summed E-state index contributed by atoms with van der Waals surface area (Å²) < 4.78 is 36.9. The summed E-state index contributed by atoms with van der Waals surface area (Å²) in [5, 5.41) is 1.87. The van der Waals surface area contributed by atoms with Crippen molar-refractivity contribution in [2.45, 2.75) is 19.6 Å². The molecule has 1 unspecified atom stereocenters. The molecule has 3 aromatic rings. The van der Waals surface area contributed by atoms with E-state index in [4.69, 9.17) is 18.9 Å². The molecule has 1 aliphatic heterocycles. The molecule has 0 aliphatic carbocycles. The van der Waals surface area contributed by atoms with Crippen molar-refractivity contribution in [3.8, 4) is 5.75 Å². The van der Waals surface area contributed by atoms with E-state index in [1.807, 2.05) is 54.6 Å². The second-order valence-electron chi connectivity index (χ2n) is 10.0. The predicted octanol–water partition coefficient (Wildman–Crippen LogP) is 5.71. The van der Waals surface area contributed by atoms with Gasteiger partial charge in [-0.05, 0) is 33.8 Å². The third-order valence-electron chi connectivity index (χ3n) is 6.34. The van der Waals surface area contributed by atoms with Crippen LogP contribution in [-0.2, 0) is 18.8 Å². The van der Waals surface area contributed by atoms with Gasteiger partial charge in [0.05, 0.1) is 41.1 Å². The van der Waals surface area contributed by atoms with Crippen molar-refractivity contribution in [2.75, 3.05) is 46.8 Å². The Balaban J connectivity index is 1.54. The van der Waals surface area contributed by atoms with Gasteiger partial charge in [0.2, 0.25) is 0 Å². The van der Waals surface area contributed by atoms with Crippen molar-refractivity contribution in [1.29, 1.82) is 0 Å². The molecule has 5 nitrogen and oxygen atoms in total. The lowest BCUT2D eigenvalue weighted by atomic mass is 10.00. The lowest BCUT2D eigenvalue weighted by molar-refractivity contribution is 0.0180. The Morgan fingerprint density at radius 3 is 1.95 bits per heavy atom. The highest BCUT2D eigenvalue weighted by Crippen LogP contribution is 2.63. The van der Waals surface area contributed by atoms with Crippen LogP contribution in [0.25, 0.3) is 5.57 Å². The Hall–Kier alpha value is -2.47. The standard InChI is InChI=1S/C30H37O5PSi/c1-32-18-19-33-20-21-34-22-23-35-25-16-14-24(15-17-25)29-27-12-8-9-13-28(27)36(31,30(29)37(2,3)4)26-10-6-5-7-11-26/h5-17H,18-23H2,1-4H3. The van der Waals surface area contributed by atoms with Gasteiger partial charge in [-0.3, -0.25) is 0 Å². The average Bonchev–Trinajstić information content (AvgIpc) is 3.19. The fraction of sp³-hybridized carbons (Fsp3) is 0.333. The summed E-state index contributed by atoms with van der Waals surface area (Å²) in [6.07, 6.45) is 0. The first-order valence-corrected chi connectivity index (χ1v) is 18.0. The average molecular weight is 537 g/mol. The molecule has 0 N–H and O–H groups in total. The monoisotopic (exact) mass is 536 g/mol. The van der Waals surface area contributed by atoms with Crippen LogP contribution >= 0.6 is 7.14 Å². The van der Waals surface area contributed by atoms with Gasteiger partial charge in [0.15, 0.2) is 7.14 Å². The largest absolute Gasteiger partial charge is 0.491 e. The molecule has 7 heteroatoms. The highest BCUT2D eigenvalue weighted by atomic mass is 31.2. The Bertz CT molecular complexity index is 1250. The second-order valence-corrected chi connectivity index (χ2v) is 18.1. The topological polar surface area (TPSA) is 54.0 Å². The van der Waals surface area contributed by atoms with Crippen LogP contribution in [0, 0.1) is 0 Å². The van der Waals surface area contributed by atoms with Crippen molar-refractivity contribution < 1.29 is 23.5 Å². The molecule has 37 heavy (non-hydrogen) atoms. The van der Waals surface area contributed by atoms with E-state index in [9.17, 15) is 0 Å². The summed E-state index contributed by atoms with van der Waals surface area (Å²) in [5.41, 5.74) is 3.29. The van der Waals surface area contributed by atoms with Gasteiger partial charge in [-0.15, -0.1) is 0 Å². The Kier molecular flexibility index (Phi) is 9.22. The summed E-state index contributed by atoms with van der Waals surface area (Å²) in [7, 11) is -3.28. The van der Waals surface area contributed by atoms with Crippen molar-refractivity contribution in [3.05, 3.63) is 94.9 Å². The summed E-state index contributed by atoms with van der Waals surface area (Å²) in [6, 6.07) is 26.4. The molecule has 196 valence electrons. The number of hydrogen-bond donors (Lipinski definition) is 0. The predicted molar refractivity (Wildman–Crippen MR) is 155 cm³/mol. The summed E-state index contributed by atoms with van der Waals surface area (Å²) in [6.45, 7) is 10.1. The van der Waals surface area contributed by atoms with E-state index >= 15 is 4.57 Å². The number of rotatable bonds is 13. The zero-order valence-corrected chi connectivity index (χ0v) is 24.1. The van der Waals surface area contributed by atoms with Crippen molar-refractivity contribution in [2.24, 2.45) is 0 Å². The van der Waals surface area contributed by atoms with Gasteiger partial charge in [-0.2, -0.15) is 0 Å². The van der Waals surface area contributed by atoms with Gasteiger partial charge in [0, 0.05) is 17.7 Å². The molecule has 1 heterocycles. The Morgan fingerprint density at radius 2 is 1.30 bits per heavy atom. The summed E-state index contributed by atoms with van der Waals surface area (Å²) >= 11 is 0. The van der Waals surface area contributed by atoms with Crippen LogP contribution in [0.3, 0.4) is 0 Å². The van der Waals surface area contributed by atoms with Crippen LogP contribution in [0.4, 0.5) is 0 Å². The normalized spacial score (nSPS) is 17.2. The van der Waals surface area contributed by atoms with Crippen LogP contribution in [0.2, 0.25) is 19.6 Å². The third-order valence-corrected chi connectivity index (χ3v) is 13.9. The number of fused-ring (bicyclic) bond motifs is 1. The van der Waals surface area contributed by atoms with Gasteiger partial charge in [-0.25, -0.2) is 0 Å². The maximum absolute atomic E-state index is 15.1. The number of methoxy groups -OCH3 is 1.